The van der Waals surface area contributed by atoms with Crippen molar-refractivity contribution in [2.45, 2.75) is 4.90 Å². The fourth-order valence-electron chi connectivity index (χ4n) is 0.846. The van der Waals surface area contributed by atoms with Gasteiger partial charge < -0.3 is 5.11 Å². The Kier molecular flexibility index (Phi) is 2.82. The van der Waals surface area contributed by atoms with E-state index in [4.69, 9.17) is 5.11 Å². The Morgan fingerprint density at radius 2 is 2.21 bits per heavy atom. The van der Waals surface area contributed by atoms with E-state index in [0.29, 0.717) is 0 Å². The Bertz CT molecular complexity index is 453. The first-order chi connectivity index (χ1) is 6.49. The summed E-state index contributed by atoms with van der Waals surface area (Å²) in [6.45, 7) is 0. The molecule has 0 aliphatic rings. The molecule has 0 bridgehead atoms. The smallest absolute Gasteiger partial charge is 0.337 e. The molecule has 0 fully saturated rings. The summed E-state index contributed by atoms with van der Waals surface area (Å²) in [6.07, 6.45) is 2.13. The Labute approximate surface area is 80.3 Å². The van der Waals surface area contributed by atoms with Gasteiger partial charge in [-0.3, -0.25) is 9.17 Å². The first-order valence-corrected chi connectivity index (χ1v) is 4.88. The standard InChI is InChI=1S/C7H7NO5S/c1-13-14(11,12)6-4-8-3-2-5(6)7(9)10/h2-4H,1H3,(H,9,10). The molecule has 0 atom stereocenters. The quantitative estimate of drug-likeness (QED) is 0.722. The van der Waals surface area contributed by atoms with Crippen molar-refractivity contribution in [2.75, 3.05) is 7.11 Å². The van der Waals surface area contributed by atoms with Crippen LogP contribution in [0.1, 0.15) is 10.4 Å². The van der Waals surface area contributed by atoms with Gasteiger partial charge in [0, 0.05) is 12.4 Å². The average molecular weight is 217 g/mol. The van der Waals surface area contributed by atoms with E-state index in [9.17, 15) is 13.2 Å². The zero-order valence-corrected chi connectivity index (χ0v) is 7.98. The summed E-state index contributed by atoms with van der Waals surface area (Å²) >= 11 is 0. The van der Waals surface area contributed by atoms with Crippen molar-refractivity contribution in [1.29, 1.82) is 0 Å². The highest BCUT2D eigenvalue weighted by Gasteiger charge is 2.21. The summed E-state index contributed by atoms with van der Waals surface area (Å²) in [4.78, 5) is 13.7. The van der Waals surface area contributed by atoms with E-state index < -0.39 is 21.0 Å². The van der Waals surface area contributed by atoms with Crippen LogP contribution < -0.4 is 0 Å². The van der Waals surface area contributed by atoms with Crippen molar-refractivity contribution >= 4 is 16.1 Å². The number of carbonyl (C=O) groups is 1. The summed E-state index contributed by atoms with van der Waals surface area (Å²) in [7, 11) is -3.06. The second-order valence-electron chi connectivity index (χ2n) is 2.30. The van der Waals surface area contributed by atoms with Crippen LogP contribution in [0.3, 0.4) is 0 Å². The maximum absolute atomic E-state index is 11.2. The predicted octanol–water partition coefficient (Wildman–Crippen LogP) is 0.115. The molecule has 0 unspecified atom stereocenters. The number of carboxylic acid groups (broad SMARTS) is 1. The van der Waals surface area contributed by atoms with Crippen LogP contribution >= 0.6 is 0 Å². The number of aromatic nitrogens is 1. The summed E-state index contributed by atoms with van der Waals surface area (Å²) in [6, 6.07) is 1.09. The van der Waals surface area contributed by atoms with Crippen molar-refractivity contribution < 1.29 is 22.5 Å². The highest BCUT2D eigenvalue weighted by molar-refractivity contribution is 7.86. The van der Waals surface area contributed by atoms with Crippen LogP contribution in [0.2, 0.25) is 0 Å². The monoisotopic (exact) mass is 217 g/mol. The molecule has 0 aromatic carbocycles. The lowest BCUT2D eigenvalue weighted by atomic mass is 10.3. The number of hydrogen-bond donors (Lipinski definition) is 1. The van der Waals surface area contributed by atoms with Crippen molar-refractivity contribution in [2.24, 2.45) is 0 Å². The number of aromatic carboxylic acids is 1. The lowest BCUT2D eigenvalue weighted by Gasteiger charge is -2.03. The molecule has 0 saturated carbocycles. The van der Waals surface area contributed by atoms with E-state index in [2.05, 4.69) is 9.17 Å². The maximum Gasteiger partial charge on any atom is 0.337 e. The van der Waals surface area contributed by atoms with E-state index in [1.807, 2.05) is 0 Å². The molecule has 0 spiro atoms. The van der Waals surface area contributed by atoms with Crippen LogP contribution in [0, 0.1) is 0 Å². The molecule has 1 heterocycles. The van der Waals surface area contributed by atoms with Gasteiger partial charge in [-0.25, -0.2) is 4.79 Å². The molecule has 6 nitrogen and oxygen atoms in total. The van der Waals surface area contributed by atoms with Crippen LogP contribution in [0.4, 0.5) is 0 Å². The summed E-state index contributed by atoms with van der Waals surface area (Å²) in [5.41, 5.74) is -0.359. The van der Waals surface area contributed by atoms with E-state index in [1.54, 1.807) is 0 Å². The zero-order chi connectivity index (χ0) is 10.8. The molecule has 1 aromatic heterocycles. The molecule has 0 amide bonds. The topological polar surface area (TPSA) is 93.6 Å². The number of nitrogens with zero attached hydrogens (tertiary/aromatic N) is 1. The Morgan fingerprint density at radius 1 is 1.57 bits per heavy atom. The molecule has 0 aliphatic carbocycles. The zero-order valence-electron chi connectivity index (χ0n) is 7.17. The third-order valence-electron chi connectivity index (χ3n) is 1.50. The summed E-state index contributed by atoms with van der Waals surface area (Å²) in [5.74, 6) is -1.34. The van der Waals surface area contributed by atoms with Gasteiger partial charge >= 0.3 is 5.97 Å². The van der Waals surface area contributed by atoms with Crippen LogP contribution in [0.25, 0.3) is 0 Å². The van der Waals surface area contributed by atoms with Gasteiger partial charge in [0.1, 0.15) is 4.90 Å². The molecule has 1 rings (SSSR count). The van der Waals surface area contributed by atoms with Gasteiger partial charge in [0.25, 0.3) is 10.1 Å². The minimum absolute atomic E-state index is 0.359. The van der Waals surface area contributed by atoms with Gasteiger partial charge in [-0.1, -0.05) is 0 Å². The minimum Gasteiger partial charge on any atom is -0.478 e. The first kappa shape index (κ1) is 10.6. The number of pyridine rings is 1. The molecule has 14 heavy (non-hydrogen) atoms. The Morgan fingerprint density at radius 3 is 2.71 bits per heavy atom. The number of rotatable bonds is 3. The summed E-state index contributed by atoms with van der Waals surface area (Å²) in [5, 5.41) is 8.68. The predicted molar refractivity (Wildman–Crippen MR) is 45.4 cm³/mol. The Hall–Kier alpha value is -1.47. The Balaban J connectivity index is 3.42. The van der Waals surface area contributed by atoms with Crippen LogP contribution in [0.15, 0.2) is 23.4 Å². The van der Waals surface area contributed by atoms with Gasteiger partial charge in [-0.15, -0.1) is 0 Å². The summed E-state index contributed by atoms with van der Waals surface area (Å²) < 4.78 is 26.6. The molecule has 0 aliphatic heterocycles. The molecule has 7 heteroatoms. The lowest BCUT2D eigenvalue weighted by Crippen LogP contribution is -2.10. The molecule has 0 radical (unpaired) electrons. The SMILES string of the molecule is COS(=O)(=O)c1cnccc1C(=O)O. The number of carboxylic acids is 1. The van der Waals surface area contributed by atoms with Crippen LogP contribution in [0.5, 0.6) is 0 Å². The van der Waals surface area contributed by atoms with Gasteiger partial charge in [0.15, 0.2) is 0 Å². The number of hydrogen-bond acceptors (Lipinski definition) is 5. The second kappa shape index (κ2) is 3.72. The lowest BCUT2D eigenvalue weighted by molar-refractivity contribution is 0.0692. The van der Waals surface area contributed by atoms with Crippen LogP contribution in [-0.2, 0) is 14.3 Å². The molecular weight excluding hydrogens is 210 g/mol. The van der Waals surface area contributed by atoms with E-state index in [0.717, 1.165) is 19.4 Å². The third-order valence-corrected chi connectivity index (χ3v) is 2.81. The fraction of sp³-hybridized carbons (Fsp3) is 0.143. The highest BCUT2D eigenvalue weighted by Crippen LogP contribution is 2.15. The third kappa shape index (κ3) is 1.88. The molecular formula is C7H7NO5S. The minimum atomic E-state index is -4.02. The van der Waals surface area contributed by atoms with Crippen molar-refractivity contribution in [3.05, 3.63) is 24.0 Å². The molecule has 76 valence electrons. The molecule has 0 saturated heterocycles. The van der Waals surface area contributed by atoms with E-state index in [1.165, 1.54) is 6.20 Å². The van der Waals surface area contributed by atoms with Gasteiger partial charge in [-0.2, -0.15) is 8.42 Å². The highest BCUT2D eigenvalue weighted by atomic mass is 32.2. The maximum atomic E-state index is 11.2. The van der Waals surface area contributed by atoms with Crippen LogP contribution in [-0.4, -0.2) is 31.6 Å². The second-order valence-corrected chi connectivity index (χ2v) is 3.98. The fourth-order valence-corrected chi connectivity index (χ4v) is 1.64. The van der Waals surface area contributed by atoms with E-state index >= 15 is 0 Å². The largest absolute Gasteiger partial charge is 0.478 e. The van der Waals surface area contributed by atoms with Crippen molar-refractivity contribution in [3.8, 4) is 0 Å². The van der Waals surface area contributed by atoms with Crippen molar-refractivity contribution in [3.63, 3.8) is 0 Å². The normalized spacial score (nSPS) is 11.2. The van der Waals surface area contributed by atoms with Gasteiger partial charge in [-0.05, 0) is 6.07 Å². The van der Waals surface area contributed by atoms with Gasteiger partial charge in [0.2, 0.25) is 0 Å². The average Bonchev–Trinajstić information content (AvgIpc) is 2.18. The van der Waals surface area contributed by atoms with Crippen molar-refractivity contribution in [1.82, 2.24) is 4.98 Å². The van der Waals surface area contributed by atoms with E-state index in [-0.39, 0.29) is 5.56 Å². The van der Waals surface area contributed by atoms with Gasteiger partial charge in [0.05, 0.1) is 12.7 Å². The molecule has 1 N–H and O–H groups in total. The molecule has 1 aromatic rings. The first-order valence-electron chi connectivity index (χ1n) is 3.47.